The molecule has 3 aromatic rings. The number of hydrogen-bond donors (Lipinski definition) is 0. The molecule has 0 amide bonds. The first-order chi connectivity index (χ1) is 22.5. The van der Waals surface area contributed by atoms with E-state index in [0.717, 1.165) is 16.7 Å². The number of carbonyl (C=O) groups excluding carboxylic acids is 2. The fourth-order valence-electron chi connectivity index (χ4n) is 5.24. The van der Waals surface area contributed by atoms with E-state index in [4.69, 9.17) is 46.0 Å². The first-order valence-corrected chi connectivity index (χ1v) is 14.9. The summed E-state index contributed by atoms with van der Waals surface area (Å²) >= 11 is 0. The van der Waals surface area contributed by atoms with Crippen molar-refractivity contribution in [2.24, 2.45) is 11.8 Å². The van der Waals surface area contributed by atoms with E-state index in [0.29, 0.717) is 6.61 Å². The highest BCUT2D eigenvalue weighted by molar-refractivity contribution is 5.95. The van der Waals surface area contributed by atoms with Crippen LogP contribution in [0.4, 0.5) is 0 Å². The monoisotopic (exact) mass is 626 g/mol. The molecule has 4 rings (SSSR count). The summed E-state index contributed by atoms with van der Waals surface area (Å²) in [5.41, 5.74) is 2.72. The first-order valence-electron chi connectivity index (χ1n) is 14.9. The van der Waals surface area contributed by atoms with Gasteiger partial charge in [0, 0.05) is 0 Å². The summed E-state index contributed by atoms with van der Waals surface area (Å²) < 4.78 is 41.9. The summed E-state index contributed by atoms with van der Waals surface area (Å²) in [5, 5.41) is 0. The van der Waals surface area contributed by atoms with Crippen molar-refractivity contribution in [1.29, 1.82) is 0 Å². The van der Waals surface area contributed by atoms with Gasteiger partial charge < -0.3 is 33.2 Å². The Balaban J connectivity index is 1.74. The lowest BCUT2D eigenvalue weighted by Crippen LogP contribution is -2.62. The van der Waals surface area contributed by atoms with Gasteiger partial charge in [-0.25, -0.2) is 0 Å². The summed E-state index contributed by atoms with van der Waals surface area (Å²) in [7, 11) is 1.17. The molecule has 0 aliphatic carbocycles. The Bertz CT molecular complexity index is 1430. The zero-order valence-corrected chi connectivity index (χ0v) is 25.7. The van der Waals surface area contributed by atoms with Crippen LogP contribution in [0.2, 0.25) is 0 Å². The molecular formula is C37H38O9. The summed E-state index contributed by atoms with van der Waals surface area (Å²) in [6, 6.07) is 28.7. The second kappa shape index (κ2) is 18.5. The normalized spacial score (nSPS) is 21.3. The van der Waals surface area contributed by atoms with Gasteiger partial charge in [0.25, 0.3) is 0 Å². The van der Waals surface area contributed by atoms with Crippen molar-refractivity contribution >= 4 is 11.9 Å². The SMILES string of the molecule is C#CCOC(=O)[C@@H](C(=O)OC)[C@H]1[C@@H](OCC#C)O[C@H](COCc2ccccc2)[C@@H](OCc2ccccc2)[C@@H]1OCc1ccccc1. The molecule has 0 N–H and O–H groups in total. The minimum Gasteiger partial charge on any atom is -0.468 e. The van der Waals surface area contributed by atoms with Crippen LogP contribution < -0.4 is 0 Å². The average molecular weight is 627 g/mol. The van der Waals surface area contributed by atoms with Gasteiger partial charge in [-0.05, 0) is 16.7 Å². The van der Waals surface area contributed by atoms with Crippen LogP contribution in [0.3, 0.4) is 0 Å². The predicted molar refractivity (Wildman–Crippen MR) is 168 cm³/mol. The second-order valence-electron chi connectivity index (χ2n) is 10.5. The largest absolute Gasteiger partial charge is 0.468 e. The Morgan fingerprint density at radius 1 is 0.717 bits per heavy atom. The van der Waals surface area contributed by atoms with E-state index in [2.05, 4.69) is 11.8 Å². The molecule has 1 aliphatic rings. The smallest absolute Gasteiger partial charge is 0.321 e. The molecule has 240 valence electrons. The fraction of sp³-hybridized carbons (Fsp3) is 0.351. The highest BCUT2D eigenvalue weighted by atomic mass is 16.7. The van der Waals surface area contributed by atoms with Crippen LogP contribution in [-0.2, 0) is 62.6 Å². The second-order valence-corrected chi connectivity index (χ2v) is 10.5. The Labute approximate surface area is 270 Å². The molecule has 1 aliphatic heterocycles. The van der Waals surface area contributed by atoms with Crippen molar-refractivity contribution in [1.82, 2.24) is 0 Å². The molecular weight excluding hydrogens is 588 g/mol. The van der Waals surface area contributed by atoms with Crippen molar-refractivity contribution in [3.05, 3.63) is 108 Å². The molecule has 0 spiro atoms. The van der Waals surface area contributed by atoms with E-state index < -0.39 is 48.4 Å². The van der Waals surface area contributed by atoms with Crippen molar-refractivity contribution in [2.45, 2.75) is 44.4 Å². The number of hydrogen-bond acceptors (Lipinski definition) is 9. The third-order valence-electron chi connectivity index (χ3n) is 7.38. The molecule has 9 heteroatoms. The van der Waals surface area contributed by atoms with E-state index >= 15 is 0 Å². The van der Waals surface area contributed by atoms with Gasteiger partial charge in [0.2, 0.25) is 0 Å². The average Bonchev–Trinajstić information content (AvgIpc) is 3.10. The third kappa shape index (κ3) is 9.76. The lowest BCUT2D eigenvalue weighted by molar-refractivity contribution is -0.309. The topological polar surface area (TPSA) is 98.8 Å². The van der Waals surface area contributed by atoms with Crippen LogP contribution in [0, 0.1) is 36.5 Å². The third-order valence-corrected chi connectivity index (χ3v) is 7.38. The minimum atomic E-state index is -1.55. The van der Waals surface area contributed by atoms with Crippen molar-refractivity contribution < 1.29 is 42.7 Å². The molecule has 1 fully saturated rings. The van der Waals surface area contributed by atoms with Crippen LogP contribution in [0.5, 0.6) is 0 Å². The molecule has 0 aromatic heterocycles. The Morgan fingerprint density at radius 2 is 1.24 bits per heavy atom. The van der Waals surface area contributed by atoms with Gasteiger partial charge in [-0.3, -0.25) is 9.59 Å². The van der Waals surface area contributed by atoms with Gasteiger partial charge in [0.05, 0.1) is 45.6 Å². The number of methoxy groups -OCH3 is 1. The van der Waals surface area contributed by atoms with E-state index in [-0.39, 0.29) is 33.0 Å². The van der Waals surface area contributed by atoms with Crippen LogP contribution in [0.15, 0.2) is 91.0 Å². The molecule has 46 heavy (non-hydrogen) atoms. The molecule has 0 bridgehead atoms. The van der Waals surface area contributed by atoms with Crippen LogP contribution in [-0.4, -0.2) is 63.5 Å². The summed E-state index contributed by atoms with van der Waals surface area (Å²) in [6.07, 6.45) is 7.12. The van der Waals surface area contributed by atoms with Gasteiger partial charge in [0.1, 0.15) is 18.8 Å². The molecule has 0 saturated carbocycles. The van der Waals surface area contributed by atoms with Crippen molar-refractivity contribution in [3.8, 4) is 24.7 Å². The van der Waals surface area contributed by atoms with E-state index in [1.807, 2.05) is 91.0 Å². The van der Waals surface area contributed by atoms with Crippen LogP contribution >= 0.6 is 0 Å². The van der Waals surface area contributed by atoms with Crippen molar-refractivity contribution in [3.63, 3.8) is 0 Å². The number of terminal acetylenes is 2. The van der Waals surface area contributed by atoms with Crippen LogP contribution in [0.25, 0.3) is 0 Å². The Hall–Kier alpha value is -4.48. The zero-order valence-electron chi connectivity index (χ0n) is 25.7. The van der Waals surface area contributed by atoms with E-state index in [1.54, 1.807) is 0 Å². The number of esters is 2. The van der Waals surface area contributed by atoms with E-state index in [9.17, 15) is 9.59 Å². The van der Waals surface area contributed by atoms with E-state index in [1.165, 1.54) is 7.11 Å². The maximum Gasteiger partial charge on any atom is 0.321 e. The van der Waals surface area contributed by atoms with Crippen LogP contribution in [0.1, 0.15) is 16.7 Å². The van der Waals surface area contributed by atoms with Gasteiger partial charge in [0.15, 0.2) is 18.8 Å². The summed E-state index contributed by atoms with van der Waals surface area (Å²) in [6.45, 7) is 0.168. The minimum absolute atomic E-state index is 0.0760. The number of carbonyl (C=O) groups is 2. The zero-order chi connectivity index (χ0) is 32.6. The highest BCUT2D eigenvalue weighted by Crippen LogP contribution is 2.38. The Morgan fingerprint density at radius 3 is 1.76 bits per heavy atom. The number of ether oxygens (including phenoxy) is 7. The molecule has 9 nitrogen and oxygen atoms in total. The number of benzene rings is 3. The molecule has 1 heterocycles. The number of rotatable bonds is 16. The maximum atomic E-state index is 13.4. The molecule has 0 radical (unpaired) electrons. The highest BCUT2D eigenvalue weighted by Gasteiger charge is 2.55. The van der Waals surface area contributed by atoms with Gasteiger partial charge in [-0.15, -0.1) is 12.8 Å². The molecule has 3 aromatic carbocycles. The Kier molecular flexibility index (Phi) is 13.8. The molecule has 0 unspecified atom stereocenters. The molecule has 1 saturated heterocycles. The standard InChI is InChI=1S/C37H38O9/c1-4-21-42-36(39)32(35(38)40-3)31-34(45-25-29-19-13-8-14-20-29)33(44-24-28-17-11-7-12-18-28)30(46-37(31)43-22-5-2)26-41-23-27-15-9-6-10-16-27/h1-2,6-20,30-34,37H,21-26H2,3H3/t30-,31-,32-,33-,34-,37+/m1/s1. The lowest BCUT2D eigenvalue weighted by atomic mass is 9.80. The molecule has 6 atom stereocenters. The van der Waals surface area contributed by atoms with Gasteiger partial charge >= 0.3 is 11.9 Å². The van der Waals surface area contributed by atoms with Crippen molar-refractivity contribution in [2.75, 3.05) is 26.9 Å². The lowest BCUT2D eigenvalue weighted by Gasteiger charge is -2.47. The predicted octanol–water partition coefficient (Wildman–Crippen LogP) is 4.33. The maximum absolute atomic E-state index is 13.4. The van der Waals surface area contributed by atoms with Gasteiger partial charge in [-0.2, -0.15) is 0 Å². The first kappa shape index (κ1) is 34.4. The van der Waals surface area contributed by atoms with Gasteiger partial charge in [-0.1, -0.05) is 103 Å². The fourth-order valence-corrected chi connectivity index (χ4v) is 5.24. The quantitative estimate of drug-likeness (QED) is 0.131. The summed E-state index contributed by atoms with van der Waals surface area (Å²) in [4.78, 5) is 26.8. The summed E-state index contributed by atoms with van der Waals surface area (Å²) in [5.74, 6) is 0.231.